The highest BCUT2D eigenvalue weighted by Crippen LogP contribution is 2.23. The number of methoxy groups -OCH3 is 1. The number of rotatable bonds is 4. The lowest BCUT2D eigenvalue weighted by molar-refractivity contribution is -0.130. The molecule has 120 valence electrons. The van der Waals surface area contributed by atoms with E-state index in [9.17, 15) is 4.79 Å². The molecule has 3 rings (SSSR count). The highest BCUT2D eigenvalue weighted by atomic mass is 35.5. The molecule has 1 heterocycles. The molecule has 0 fully saturated rings. The molecule has 0 saturated heterocycles. The van der Waals surface area contributed by atoms with Crippen molar-refractivity contribution in [1.29, 1.82) is 0 Å². The van der Waals surface area contributed by atoms with Gasteiger partial charge in [0.25, 0.3) is 0 Å². The minimum Gasteiger partial charge on any atom is -0.496 e. The van der Waals surface area contributed by atoms with E-state index in [-0.39, 0.29) is 11.6 Å². The summed E-state index contributed by atoms with van der Waals surface area (Å²) in [6, 6.07) is 14.7. The standard InChI is InChI=1S/C19H14ClNO3/c1-23-17-12-5-2-7-13(17)8-6-11-16-19(22)24-18(21-16)14-9-3-4-10-15(14)20/h2-12H,1H3. The summed E-state index contributed by atoms with van der Waals surface area (Å²) >= 11 is 6.10. The van der Waals surface area contributed by atoms with Gasteiger partial charge < -0.3 is 9.47 Å². The van der Waals surface area contributed by atoms with Crippen LogP contribution in [0.2, 0.25) is 5.02 Å². The zero-order chi connectivity index (χ0) is 16.9. The van der Waals surface area contributed by atoms with Gasteiger partial charge in [0, 0.05) is 5.56 Å². The van der Waals surface area contributed by atoms with Gasteiger partial charge in [-0.25, -0.2) is 9.79 Å². The smallest absolute Gasteiger partial charge is 0.363 e. The van der Waals surface area contributed by atoms with Crippen molar-refractivity contribution in [3.05, 3.63) is 82.5 Å². The van der Waals surface area contributed by atoms with Gasteiger partial charge in [0.1, 0.15) is 5.75 Å². The summed E-state index contributed by atoms with van der Waals surface area (Å²) in [6.45, 7) is 0. The zero-order valence-electron chi connectivity index (χ0n) is 12.9. The summed E-state index contributed by atoms with van der Waals surface area (Å²) < 4.78 is 10.5. The van der Waals surface area contributed by atoms with Gasteiger partial charge >= 0.3 is 5.97 Å². The first-order chi connectivity index (χ1) is 11.7. The normalized spacial score (nSPS) is 15.7. The third kappa shape index (κ3) is 3.39. The van der Waals surface area contributed by atoms with E-state index in [1.165, 1.54) is 0 Å². The van der Waals surface area contributed by atoms with E-state index in [1.54, 1.807) is 43.5 Å². The van der Waals surface area contributed by atoms with Crippen LogP contribution in [0.5, 0.6) is 5.75 Å². The Hall–Kier alpha value is -2.85. The van der Waals surface area contributed by atoms with Crippen LogP contribution in [0.15, 0.2) is 71.4 Å². The van der Waals surface area contributed by atoms with Gasteiger partial charge in [0.2, 0.25) is 5.90 Å². The van der Waals surface area contributed by atoms with Gasteiger partial charge in [-0.2, -0.15) is 0 Å². The van der Waals surface area contributed by atoms with Gasteiger partial charge in [-0.05, 0) is 24.3 Å². The molecule has 0 atom stereocenters. The number of halogens is 1. The number of hydrogen-bond acceptors (Lipinski definition) is 4. The van der Waals surface area contributed by atoms with Crippen LogP contribution in [-0.2, 0) is 9.53 Å². The molecule has 0 saturated carbocycles. The predicted molar refractivity (Wildman–Crippen MR) is 94.2 cm³/mol. The molecule has 0 aliphatic carbocycles. The number of aliphatic imine (C=N–C) groups is 1. The van der Waals surface area contributed by atoms with Gasteiger partial charge in [0.05, 0.1) is 17.7 Å². The van der Waals surface area contributed by atoms with Crippen molar-refractivity contribution in [2.24, 2.45) is 4.99 Å². The molecule has 2 aromatic carbocycles. The Kier molecular flexibility index (Phi) is 4.77. The maximum Gasteiger partial charge on any atom is 0.363 e. The van der Waals surface area contributed by atoms with Crippen LogP contribution in [-0.4, -0.2) is 19.0 Å². The highest BCUT2D eigenvalue weighted by molar-refractivity contribution is 6.34. The molecule has 0 bridgehead atoms. The Morgan fingerprint density at radius 1 is 1.12 bits per heavy atom. The molecule has 0 unspecified atom stereocenters. The van der Waals surface area contributed by atoms with Gasteiger partial charge in [-0.1, -0.05) is 54.1 Å². The summed E-state index contributed by atoms with van der Waals surface area (Å²) in [4.78, 5) is 16.1. The SMILES string of the molecule is COc1ccccc1C=CC=C1N=C(c2ccccc2Cl)OC1=O. The summed E-state index contributed by atoms with van der Waals surface area (Å²) in [7, 11) is 1.61. The Labute approximate surface area is 144 Å². The molecule has 0 N–H and O–H groups in total. The first-order valence-electron chi connectivity index (χ1n) is 7.26. The number of cyclic esters (lactones) is 1. The fourth-order valence-electron chi connectivity index (χ4n) is 2.22. The fraction of sp³-hybridized carbons (Fsp3) is 0.0526. The van der Waals surface area contributed by atoms with Gasteiger partial charge in [-0.15, -0.1) is 0 Å². The number of para-hydroxylation sites is 1. The first kappa shape index (κ1) is 16.0. The van der Waals surface area contributed by atoms with E-state index in [4.69, 9.17) is 21.1 Å². The molecule has 0 radical (unpaired) electrons. The topological polar surface area (TPSA) is 47.9 Å². The third-order valence-corrected chi connectivity index (χ3v) is 3.72. The first-order valence-corrected chi connectivity index (χ1v) is 7.64. The van der Waals surface area contributed by atoms with Crippen LogP contribution in [0, 0.1) is 0 Å². The summed E-state index contributed by atoms with van der Waals surface area (Å²) in [5.74, 6) is 0.457. The number of allylic oxidation sites excluding steroid dienone is 2. The molecule has 0 amide bonds. The van der Waals surface area contributed by atoms with Gasteiger partial charge in [-0.3, -0.25) is 0 Å². The Morgan fingerprint density at radius 3 is 2.67 bits per heavy atom. The Balaban J connectivity index is 1.84. The van der Waals surface area contributed by atoms with Crippen LogP contribution < -0.4 is 4.74 Å². The van der Waals surface area contributed by atoms with E-state index in [2.05, 4.69) is 4.99 Å². The van der Waals surface area contributed by atoms with E-state index >= 15 is 0 Å². The zero-order valence-corrected chi connectivity index (χ0v) is 13.7. The van der Waals surface area contributed by atoms with E-state index < -0.39 is 5.97 Å². The predicted octanol–water partition coefficient (Wildman–Crippen LogP) is 4.25. The third-order valence-electron chi connectivity index (χ3n) is 3.39. The number of esters is 1. The summed E-state index contributed by atoms with van der Waals surface area (Å²) in [5, 5.41) is 0.481. The molecule has 4 nitrogen and oxygen atoms in total. The monoisotopic (exact) mass is 339 g/mol. The fourth-order valence-corrected chi connectivity index (χ4v) is 2.44. The molecule has 24 heavy (non-hydrogen) atoms. The van der Waals surface area contributed by atoms with Crippen LogP contribution in [0.3, 0.4) is 0 Å². The van der Waals surface area contributed by atoms with E-state index in [1.807, 2.05) is 30.3 Å². The van der Waals surface area contributed by atoms with Crippen LogP contribution in [0.4, 0.5) is 0 Å². The summed E-state index contributed by atoms with van der Waals surface area (Å²) in [6.07, 6.45) is 5.16. The quantitative estimate of drug-likeness (QED) is 0.618. The van der Waals surface area contributed by atoms with E-state index in [0.29, 0.717) is 10.6 Å². The Morgan fingerprint density at radius 2 is 1.88 bits per heavy atom. The number of carbonyl (C=O) groups is 1. The number of benzene rings is 2. The van der Waals surface area contributed by atoms with Crippen molar-refractivity contribution >= 4 is 29.5 Å². The van der Waals surface area contributed by atoms with Crippen molar-refractivity contribution in [2.75, 3.05) is 7.11 Å². The molecule has 1 aliphatic heterocycles. The van der Waals surface area contributed by atoms with Crippen molar-refractivity contribution in [3.8, 4) is 5.75 Å². The highest BCUT2D eigenvalue weighted by Gasteiger charge is 2.24. The van der Waals surface area contributed by atoms with Crippen molar-refractivity contribution in [1.82, 2.24) is 0 Å². The average Bonchev–Trinajstić information content (AvgIpc) is 2.96. The number of ether oxygens (including phenoxy) is 2. The van der Waals surface area contributed by atoms with Crippen molar-refractivity contribution < 1.29 is 14.3 Å². The van der Waals surface area contributed by atoms with E-state index in [0.717, 1.165) is 11.3 Å². The minimum atomic E-state index is -0.505. The average molecular weight is 340 g/mol. The van der Waals surface area contributed by atoms with Crippen LogP contribution >= 0.6 is 11.6 Å². The maximum atomic E-state index is 11.9. The van der Waals surface area contributed by atoms with Crippen LogP contribution in [0.1, 0.15) is 11.1 Å². The van der Waals surface area contributed by atoms with Gasteiger partial charge in [0.15, 0.2) is 5.70 Å². The van der Waals surface area contributed by atoms with Crippen molar-refractivity contribution in [2.45, 2.75) is 0 Å². The second-order valence-electron chi connectivity index (χ2n) is 4.94. The molecule has 2 aromatic rings. The molecular weight excluding hydrogens is 326 g/mol. The second kappa shape index (κ2) is 7.15. The lowest BCUT2D eigenvalue weighted by Crippen LogP contribution is -2.05. The molecule has 5 heteroatoms. The summed E-state index contributed by atoms with van der Waals surface area (Å²) in [5.41, 5.74) is 1.71. The molecule has 0 spiro atoms. The van der Waals surface area contributed by atoms with Crippen molar-refractivity contribution in [3.63, 3.8) is 0 Å². The lowest BCUT2D eigenvalue weighted by atomic mass is 10.2. The number of carbonyl (C=O) groups excluding carboxylic acids is 1. The Bertz CT molecular complexity index is 868. The molecule has 1 aliphatic rings. The lowest BCUT2D eigenvalue weighted by Gasteiger charge is -2.02. The minimum absolute atomic E-state index is 0.211. The second-order valence-corrected chi connectivity index (χ2v) is 5.35. The number of nitrogens with zero attached hydrogens (tertiary/aromatic N) is 1. The largest absolute Gasteiger partial charge is 0.496 e. The molecular formula is C19H14ClNO3. The van der Waals surface area contributed by atoms with Crippen LogP contribution in [0.25, 0.3) is 6.08 Å². The maximum absolute atomic E-state index is 11.9. The molecule has 0 aromatic heterocycles. The number of hydrogen-bond donors (Lipinski definition) is 0.